The maximum atomic E-state index is 12.5. The Labute approximate surface area is 172 Å². The van der Waals surface area contributed by atoms with Crippen LogP contribution in [0.2, 0.25) is 0 Å². The fraction of sp³-hybridized carbons (Fsp3) is 0.688. The van der Waals surface area contributed by atoms with E-state index in [2.05, 4.69) is 16.0 Å². The summed E-state index contributed by atoms with van der Waals surface area (Å²) in [6.07, 6.45) is 0.175. The van der Waals surface area contributed by atoms with Gasteiger partial charge in [-0.25, -0.2) is 4.79 Å². The largest absolute Gasteiger partial charge is 0.480 e. The molecule has 0 heterocycles. The Morgan fingerprint density at radius 3 is 2.07 bits per heavy atom. The van der Waals surface area contributed by atoms with Crippen molar-refractivity contribution in [2.24, 2.45) is 11.5 Å². The van der Waals surface area contributed by atoms with Crippen LogP contribution in [0.3, 0.4) is 0 Å². The smallest absolute Gasteiger partial charge is 0.326 e. The van der Waals surface area contributed by atoms with Crippen LogP contribution in [0.15, 0.2) is 0 Å². The van der Waals surface area contributed by atoms with E-state index >= 15 is 0 Å². The Hall–Kier alpha value is -2.38. The highest BCUT2D eigenvalue weighted by Gasteiger charge is 2.32. The van der Waals surface area contributed by atoms with Crippen LogP contribution in [0.1, 0.15) is 26.2 Å². The number of primary amides is 1. The molecule has 4 amide bonds. The number of hydrogen-bond donors (Lipinski definition) is 7. The first-order chi connectivity index (χ1) is 13.5. The van der Waals surface area contributed by atoms with E-state index in [-0.39, 0.29) is 25.8 Å². The molecule has 0 aromatic carbocycles. The Morgan fingerprint density at radius 2 is 1.62 bits per heavy atom. The zero-order valence-electron chi connectivity index (χ0n) is 16.3. The van der Waals surface area contributed by atoms with Crippen molar-refractivity contribution in [3.8, 4) is 0 Å². The molecule has 0 bridgehead atoms. The summed E-state index contributed by atoms with van der Waals surface area (Å²) in [5.41, 5.74) is 10.2. The quantitative estimate of drug-likeness (QED) is 0.147. The topological polar surface area (TPSA) is 214 Å². The predicted molar refractivity (Wildman–Crippen MR) is 106 cm³/mol. The maximum absolute atomic E-state index is 12.5. The number of carbonyl (C=O) groups excluding carboxylic acids is 4. The van der Waals surface area contributed by atoms with Crippen LogP contribution in [-0.4, -0.2) is 82.6 Å². The van der Waals surface area contributed by atoms with Crippen molar-refractivity contribution in [2.45, 2.75) is 50.4 Å². The van der Waals surface area contributed by atoms with Crippen molar-refractivity contribution in [3.05, 3.63) is 0 Å². The third-order valence-electron chi connectivity index (χ3n) is 3.80. The summed E-state index contributed by atoms with van der Waals surface area (Å²) < 4.78 is 0. The molecule has 0 aliphatic carbocycles. The maximum Gasteiger partial charge on any atom is 0.326 e. The average Bonchev–Trinajstić information content (AvgIpc) is 2.64. The third kappa shape index (κ3) is 10.7. The molecule has 4 atom stereocenters. The predicted octanol–water partition coefficient (Wildman–Crippen LogP) is -3.12. The monoisotopic (exact) mass is 435 g/mol. The van der Waals surface area contributed by atoms with Gasteiger partial charge in [0, 0.05) is 6.42 Å². The van der Waals surface area contributed by atoms with Crippen LogP contribution in [0, 0.1) is 0 Å². The van der Waals surface area contributed by atoms with E-state index in [0.717, 1.165) is 0 Å². The summed E-state index contributed by atoms with van der Waals surface area (Å²) in [4.78, 5) is 58.6. The number of rotatable bonds is 14. The molecule has 0 aliphatic rings. The van der Waals surface area contributed by atoms with Gasteiger partial charge in [-0.2, -0.15) is 11.8 Å². The van der Waals surface area contributed by atoms with Gasteiger partial charge in [-0.3, -0.25) is 19.2 Å². The number of carboxylic acid groups (broad SMARTS) is 1. The lowest BCUT2D eigenvalue weighted by atomic mass is 10.1. The second-order valence-corrected chi connectivity index (χ2v) is 7.22. The Morgan fingerprint density at radius 1 is 1.00 bits per heavy atom. The van der Waals surface area contributed by atoms with Gasteiger partial charge in [0.1, 0.15) is 18.1 Å². The van der Waals surface area contributed by atoms with Gasteiger partial charge >= 0.3 is 5.97 Å². The van der Waals surface area contributed by atoms with E-state index in [1.165, 1.54) is 18.7 Å². The first-order valence-corrected chi connectivity index (χ1v) is 10.2. The number of nitrogens with one attached hydrogen (secondary N) is 3. The minimum Gasteiger partial charge on any atom is -0.480 e. The van der Waals surface area contributed by atoms with Gasteiger partial charge in [-0.05, 0) is 31.8 Å². The lowest BCUT2D eigenvalue weighted by molar-refractivity contribution is -0.143. The van der Waals surface area contributed by atoms with E-state index in [4.69, 9.17) is 11.5 Å². The van der Waals surface area contributed by atoms with Gasteiger partial charge in [-0.15, -0.1) is 0 Å². The zero-order chi connectivity index (χ0) is 22.6. The summed E-state index contributed by atoms with van der Waals surface area (Å²) >= 11 is 1.44. The zero-order valence-corrected chi connectivity index (χ0v) is 17.2. The Bertz CT molecular complexity index is 602. The lowest BCUT2D eigenvalue weighted by Gasteiger charge is -2.26. The molecule has 12 nitrogen and oxygen atoms in total. The van der Waals surface area contributed by atoms with E-state index in [0.29, 0.717) is 5.75 Å². The number of thioether (sulfide) groups is 1. The van der Waals surface area contributed by atoms with E-state index in [1.54, 1.807) is 0 Å². The number of nitrogens with two attached hydrogens (primary N) is 2. The second-order valence-electron chi connectivity index (χ2n) is 6.24. The van der Waals surface area contributed by atoms with Gasteiger partial charge in [0.05, 0.1) is 12.6 Å². The van der Waals surface area contributed by atoms with E-state index < -0.39 is 53.8 Å². The number of aliphatic carboxylic acids is 1. The molecule has 13 heteroatoms. The summed E-state index contributed by atoms with van der Waals surface area (Å²) in [6.45, 7) is 0.905. The molecule has 4 unspecified atom stereocenters. The number of amides is 4. The van der Waals surface area contributed by atoms with Gasteiger partial charge in [0.15, 0.2) is 0 Å². The number of hydrogen-bond acceptors (Lipinski definition) is 8. The third-order valence-corrected chi connectivity index (χ3v) is 4.45. The molecule has 0 saturated carbocycles. The highest BCUT2D eigenvalue weighted by Crippen LogP contribution is 2.04. The minimum atomic E-state index is -1.48. The molecular formula is C16H29N5O7S. The molecule has 0 radical (unpaired) electrons. The molecule has 166 valence electrons. The van der Waals surface area contributed by atoms with Gasteiger partial charge in [0.25, 0.3) is 0 Å². The fourth-order valence-electron chi connectivity index (χ4n) is 2.22. The van der Waals surface area contributed by atoms with Crippen molar-refractivity contribution >= 4 is 41.4 Å². The highest BCUT2D eigenvalue weighted by atomic mass is 32.2. The van der Waals surface area contributed by atoms with Crippen LogP contribution in [0.4, 0.5) is 0 Å². The summed E-state index contributed by atoms with van der Waals surface area (Å²) in [7, 11) is 0. The number of aliphatic hydroxyl groups is 1. The van der Waals surface area contributed by atoms with Crippen molar-refractivity contribution < 1.29 is 34.2 Å². The first kappa shape index (κ1) is 26.6. The number of carboxylic acids is 1. The number of carbonyl (C=O) groups is 5. The molecule has 0 saturated heterocycles. The Balaban J connectivity index is 5.22. The molecule has 0 rings (SSSR count). The van der Waals surface area contributed by atoms with Crippen LogP contribution < -0.4 is 27.4 Å². The summed E-state index contributed by atoms with van der Waals surface area (Å²) in [6, 6.07) is -3.90. The Kier molecular flexibility index (Phi) is 12.6. The summed E-state index contributed by atoms with van der Waals surface area (Å²) in [5, 5.41) is 26.0. The van der Waals surface area contributed by atoms with Gasteiger partial charge < -0.3 is 37.6 Å². The molecule has 0 aromatic rings. The minimum absolute atomic E-state index is 0.250. The first-order valence-electron chi connectivity index (χ1n) is 8.81. The average molecular weight is 436 g/mol. The van der Waals surface area contributed by atoms with Gasteiger partial charge in [-0.1, -0.05) is 0 Å². The summed E-state index contributed by atoms with van der Waals surface area (Å²) in [5.74, 6) is -3.86. The standard InChI is InChI=1S/C16H29N5O7S/c1-8(22)13(15(26)20-10(16(27)28)3-4-11(18)23)21-14(25)9(5-6-29-2)19-12(24)7-17/h8-10,13,22H,3-7,17H2,1-2H3,(H2,18,23)(H,19,24)(H,20,26)(H,21,25)(H,27,28). The molecular weight excluding hydrogens is 406 g/mol. The van der Waals surface area contributed by atoms with Crippen LogP contribution in [0.5, 0.6) is 0 Å². The SMILES string of the molecule is CSCCC(NC(=O)CN)C(=O)NC(C(=O)NC(CCC(N)=O)C(=O)O)C(C)O. The molecule has 9 N–H and O–H groups in total. The van der Waals surface area contributed by atoms with E-state index in [1.807, 2.05) is 6.26 Å². The molecule has 29 heavy (non-hydrogen) atoms. The lowest BCUT2D eigenvalue weighted by Crippen LogP contribution is -2.59. The van der Waals surface area contributed by atoms with E-state index in [9.17, 15) is 34.2 Å². The van der Waals surface area contributed by atoms with Crippen molar-refractivity contribution in [1.82, 2.24) is 16.0 Å². The molecule has 0 aromatic heterocycles. The molecule has 0 spiro atoms. The second kappa shape index (κ2) is 13.7. The van der Waals surface area contributed by atoms with Crippen molar-refractivity contribution in [3.63, 3.8) is 0 Å². The number of aliphatic hydroxyl groups excluding tert-OH is 1. The molecule has 0 fully saturated rings. The molecule has 0 aliphatic heterocycles. The fourth-order valence-corrected chi connectivity index (χ4v) is 2.69. The normalized spacial score (nSPS) is 14.8. The van der Waals surface area contributed by atoms with Crippen LogP contribution in [0.25, 0.3) is 0 Å². The van der Waals surface area contributed by atoms with Gasteiger partial charge in [0.2, 0.25) is 23.6 Å². The van der Waals surface area contributed by atoms with Crippen LogP contribution >= 0.6 is 11.8 Å². The van der Waals surface area contributed by atoms with Crippen molar-refractivity contribution in [2.75, 3.05) is 18.6 Å². The highest BCUT2D eigenvalue weighted by molar-refractivity contribution is 7.98. The van der Waals surface area contributed by atoms with Crippen LogP contribution in [-0.2, 0) is 24.0 Å². The van der Waals surface area contributed by atoms with Crippen molar-refractivity contribution in [1.29, 1.82) is 0 Å².